The number of carbonyl (C=O) groups is 2. The van der Waals surface area contributed by atoms with E-state index in [-0.39, 0.29) is 5.91 Å². The first-order chi connectivity index (χ1) is 14.9. The Morgan fingerprint density at radius 1 is 1.00 bits per heavy atom. The van der Waals surface area contributed by atoms with E-state index in [4.69, 9.17) is 5.73 Å². The van der Waals surface area contributed by atoms with Crippen LogP contribution >= 0.6 is 0 Å². The van der Waals surface area contributed by atoms with Crippen LogP contribution in [0.2, 0.25) is 0 Å². The molecule has 4 aromatic rings. The topological polar surface area (TPSA) is 101 Å². The Morgan fingerprint density at radius 2 is 1.71 bits per heavy atom. The van der Waals surface area contributed by atoms with Gasteiger partial charge in [-0.25, -0.2) is 4.39 Å². The monoisotopic (exact) mass is 412 g/mol. The lowest BCUT2D eigenvalue weighted by atomic mass is 10.1. The summed E-state index contributed by atoms with van der Waals surface area (Å²) < 4.78 is 15.0. The lowest BCUT2D eigenvalue weighted by Gasteiger charge is -2.12. The van der Waals surface area contributed by atoms with Gasteiger partial charge in [0.05, 0.1) is 17.1 Å². The van der Waals surface area contributed by atoms with Crippen LogP contribution in [0, 0.1) is 17.1 Å². The molecule has 31 heavy (non-hydrogen) atoms. The van der Waals surface area contributed by atoms with Gasteiger partial charge in [-0.1, -0.05) is 18.2 Å². The molecule has 0 atom stereocenters. The largest absolute Gasteiger partial charge is 0.366 e. The second-order valence-corrected chi connectivity index (χ2v) is 7.02. The summed E-state index contributed by atoms with van der Waals surface area (Å²) in [7, 11) is 0. The van der Waals surface area contributed by atoms with E-state index >= 15 is 0 Å². The van der Waals surface area contributed by atoms with Gasteiger partial charge in [0.15, 0.2) is 0 Å². The normalized spacial score (nSPS) is 10.6. The van der Waals surface area contributed by atoms with Crippen molar-refractivity contribution >= 4 is 28.4 Å². The molecule has 4 rings (SSSR count). The Bertz CT molecular complexity index is 1330. The number of rotatable bonds is 5. The van der Waals surface area contributed by atoms with Crippen LogP contribution in [0.5, 0.6) is 0 Å². The van der Waals surface area contributed by atoms with E-state index in [1.807, 2.05) is 0 Å². The van der Waals surface area contributed by atoms with Crippen molar-refractivity contribution < 1.29 is 14.0 Å². The van der Waals surface area contributed by atoms with E-state index in [1.165, 1.54) is 24.3 Å². The number of hydrogen-bond acceptors (Lipinski definition) is 3. The molecule has 0 aliphatic carbocycles. The standard InChI is InChI=1S/C24H17FN4O2/c25-19-7-9-20(10-8-19)28-24(31)22-12-18-6-3-16(13-26)11-21(18)29(22)14-15-1-4-17(5-2-15)23(27)30/h1-12H,14H2,(H2,27,30)(H,28,31). The summed E-state index contributed by atoms with van der Waals surface area (Å²) in [5.74, 6) is -1.28. The molecule has 0 fully saturated rings. The fourth-order valence-electron chi connectivity index (χ4n) is 3.37. The van der Waals surface area contributed by atoms with E-state index in [9.17, 15) is 19.2 Å². The number of benzene rings is 3. The average Bonchev–Trinajstić information content (AvgIpc) is 3.13. The average molecular weight is 412 g/mol. The van der Waals surface area contributed by atoms with E-state index in [0.717, 1.165) is 16.5 Å². The molecule has 2 amide bonds. The number of anilines is 1. The zero-order valence-electron chi connectivity index (χ0n) is 16.3. The fourth-order valence-corrected chi connectivity index (χ4v) is 3.37. The number of nitrogens with two attached hydrogens (primary N) is 1. The van der Waals surface area contributed by atoms with Gasteiger partial charge in [0.1, 0.15) is 11.5 Å². The maximum absolute atomic E-state index is 13.2. The minimum absolute atomic E-state index is 0.337. The van der Waals surface area contributed by atoms with Crippen molar-refractivity contribution in [1.29, 1.82) is 5.26 Å². The quantitative estimate of drug-likeness (QED) is 0.517. The zero-order valence-corrected chi connectivity index (χ0v) is 16.3. The summed E-state index contributed by atoms with van der Waals surface area (Å²) in [6.07, 6.45) is 0. The maximum Gasteiger partial charge on any atom is 0.272 e. The van der Waals surface area contributed by atoms with Gasteiger partial charge in [-0.15, -0.1) is 0 Å². The van der Waals surface area contributed by atoms with Crippen molar-refractivity contribution in [1.82, 2.24) is 4.57 Å². The van der Waals surface area contributed by atoms with Gasteiger partial charge in [-0.05, 0) is 60.2 Å². The van der Waals surface area contributed by atoms with Gasteiger partial charge >= 0.3 is 0 Å². The molecule has 0 unspecified atom stereocenters. The van der Waals surface area contributed by atoms with Crippen LogP contribution in [0.1, 0.15) is 32.0 Å². The molecule has 0 aliphatic heterocycles. The first-order valence-electron chi connectivity index (χ1n) is 9.43. The third kappa shape index (κ3) is 4.14. The number of nitrogens with one attached hydrogen (secondary N) is 1. The number of aromatic nitrogens is 1. The molecular weight excluding hydrogens is 395 g/mol. The van der Waals surface area contributed by atoms with Gasteiger partial charge in [-0.3, -0.25) is 9.59 Å². The molecule has 1 aromatic heterocycles. The third-order valence-electron chi connectivity index (χ3n) is 4.95. The second kappa shape index (κ2) is 8.13. The SMILES string of the molecule is N#Cc1ccc2cc(C(=O)Nc3ccc(F)cc3)n(Cc3ccc(C(N)=O)cc3)c2c1. The third-order valence-corrected chi connectivity index (χ3v) is 4.95. The summed E-state index contributed by atoms with van der Waals surface area (Å²) in [4.78, 5) is 24.3. The minimum atomic E-state index is -0.518. The van der Waals surface area contributed by atoms with Crippen molar-refractivity contribution in [2.75, 3.05) is 5.32 Å². The van der Waals surface area contributed by atoms with E-state index in [1.54, 1.807) is 53.1 Å². The zero-order chi connectivity index (χ0) is 22.0. The van der Waals surface area contributed by atoms with E-state index in [2.05, 4.69) is 11.4 Å². The van der Waals surface area contributed by atoms with Crippen LogP contribution in [0.15, 0.2) is 72.8 Å². The van der Waals surface area contributed by atoms with Crippen LogP contribution in [-0.4, -0.2) is 16.4 Å². The Morgan fingerprint density at radius 3 is 2.35 bits per heavy atom. The van der Waals surface area contributed by atoms with Crippen molar-refractivity contribution in [2.24, 2.45) is 5.73 Å². The predicted octanol–water partition coefficient (Wildman–Crippen LogP) is 4.05. The van der Waals surface area contributed by atoms with Gasteiger partial charge < -0.3 is 15.6 Å². The van der Waals surface area contributed by atoms with Crippen molar-refractivity contribution in [3.8, 4) is 6.07 Å². The Balaban J connectivity index is 1.75. The summed E-state index contributed by atoms with van der Waals surface area (Å²) >= 11 is 0. The highest BCUT2D eigenvalue weighted by molar-refractivity contribution is 6.06. The number of hydrogen-bond donors (Lipinski definition) is 2. The molecule has 6 nitrogen and oxygen atoms in total. The van der Waals surface area contributed by atoms with Crippen LogP contribution in [0.4, 0.5) is 10.1 Å². The number of fused-ring (bicyclic) bond motifs is 1. The number of nitrogens with zero attached hydrogens (tertiary/aromatic N) is 2. The van der Waals surface area contributed by atoms with Crippen molar-refractivity contribution in [2.45, 2.75) is 6.54 Å². The summed E-state index contributed by atoms with van der Waals surface area (Å²) in [6.45, 7) is 0.337. The molecule has 1 heterocycles. The molecule has 0 saturated heterocycles. The van der Waals surface area contributed by atoms with Crippen molar-refractivity contribution in [3.05, 3.63) is 101 Å². The molecule has 152 valence electrons. The smallest absolute Gasteiger partial charge is 0.272 e. The highest BCUT2D eigenvalue weighted by Crippen LogP contribution is 2.24. The Kier molecular flexibility index (Phi) is 5.21. The van der Waals surface area contributed by atoms with Crippen LogP contribution in [0.25, 0.3) is 10.9 Å². The number of amides is 2. The molecule has 3 N–H and O–H groups in total. The Hall–Kier alpha value is -4.44. The molecule has 0 aliphatic rings. The molecule has 7 heteroatoms. The molecule has 0 bridgehead atoms. The molecule has 0 radical (unpaired) electrons. The van der Waals surface area contributed by atoms with Gasteiger partial charge in [-0.2, -0.15) is 5.26 Å². The number of primary amides is 1. The lowest BCUT2D eigenvalue weighted by molar-refractivity contribution is 0.0997. The fraction of sp³-hybridized carbons (Fsp3) is 0.0417. The van der Waals surface area contributed by atoms with Crippen LogP contribution in [-0.2, 0) is 6.54 Å². The molecule has 0 spiro atoms. The summed E-state index contributed by atoms with van der Waals surface area (Å²) in [5, 5.41) is 12.9. The van der Waals surface area contributed by atoms with Crippen molar-refractivity contribution in [3.63, 3.8) is 0 Å². The predicted molar refractivity (Wildman–Crippen MR) is 115 cm³/mol. The van der Waals surface area contributed by atoms with E-state index in [0.29, 0.717) is 29.1 Å². The highest BCUT2D eigenvalue weighted by atomic mass is 19.1. The van der Waals surface area contributed by atoms with Gasteiger partial charge in [0.25, 0.3) is 5.91 Å². The summed E-state index contributed by atoms with van der Waals surface area (Å²) in [5.41, 5.74) is 8.59. The van der Waals surface area contributed by atoms with Crippen LogP contribution < -0.4 is 11.1 Å². The molecule has 3 aromatic carbocycles. The van der Waals surface area contributed by atoms with E-state index < -0.39 is 11.7 Å². The minimum Gasteiger partial charge on any atom is -0.366 e. The summed E-state index contributed by atoms with van der Waals surface area (Å²) in [6, 6.07) is 21.3. The molecule has 0 saturated carbocycles. The van der Waals surface area contributed by atoms with Crippen LogP contribution in [0.3, 0.4) is 0 Å². The number of carbonyl (C=O) groups excluding carboxylic acids is 2. The number of halogens is 1. The lowest BCUT2D eigenvalue weighted by Crippen LogP contribution is -2.17. The first kappa shape index (κ1) is 19.9. The maximum atomic E-state index is 13.2. The van der Waals surface area contributed by atoms with Gasteiger partial charge in [0.2, 0.25) is 5.91 Å². The Labute approximate surface area is 177 Å². The highest BCUT2D eigenvalue weighted by Gasteiger charge is 2.17. The van der Waals surface area contributed by atoms with Gasteiger partial charge in [0, 0.05) is 23.2 Å². The number of nitriles is 1. The first-order valence-corrected chi connectivity index (χ1v) is 9.43. The second-order valence-electron chi connectivity index (χ2n) is 7.02. The molecular formula is C24H17FN4O2.